The molecule has 0 radical (unpaired) electrons. The van der Waals surface area contributed by atoms with E-state index in [0.717, 1.165) is 10.8 Å². The number of nitrogens with two attached hydrogens (primary N) is 1. The number of nitriles is 1. The van der Waals surface area contributed by atoms with Crippen LogP contribution in [0.4, 0.5) is 11.4 Å². The third-order valence-electron chi connectivity index (χ3n) is 9.33. The highest BCUT2D eigenvalue weighted by Crippen LogP contribution is 2.49. The monoisotopic (exact) mass is 671 g/mol. The number of allylic oxidation sites excluding steroid dienone is 1. The van der Waals surface area contributed by atoms with Crippen LogP contribution in [0.15, 0.2) is 59.2 Å². The maximum atomic E-state index is 13.5. The van der Waals surface area contributed by atoms with E-state index in [2.05, 4.69) is 38.4 Å². The number of carbonyl (C=O) groups is 4. The van der Waals surface area contributed by atoms with E-state index in [-0.39, 0.29) is 49.8 Å². The Morgan fingerprint density at radius 2 is 1.88 bits per heavy atom. The van der Waals surface area contributed by atoms with E-state index >= 15 is 0 Å². The number of aliphatic imine (C=N–C) groups is 1. The number of fused-ring (bicyclic) bond motifs is 4. The topological polar surface area (TPSA) is 179 Å². The fourth-order valence-corrected chi connectivity index (χ4v) is 6.45. The molecule has 13 nitrogen and oxygen atoms in total. The minimum Gasteiger partial charge on any atom is -0.453 e. The number of amides is 4. The molecule has 7 rings (SSSR count). The van der Waals surface area contributed by atoms with Crippen molar-refractivity contribution in [3.8, 4) is 29.4 Å². The number of rotatable bonds is 6. The first-order valence-electron chi connectivity index (χ1n) is 16.1. The van der Waals surface area contributed by atoms with Gasteiger partial charge in [-0.3, -0.25) is 29.5 Å². The van der Waals surface area contributed by atoms with E-state index < -0.39 is 17.5 Å². The molecule has 0 bridgehead atoms. The molecule has 4 aliphatic rings. The second kappa shape index (κ2) is 12.6. The van der Waals surface area contributed by atoms with Crippen molar-refractivity contribution in [1.82, 2.24) is 10.2 Å². The Bertz CT molecular complexity index is 2150. The molecule has 13 heteroatoms. The highest BCUT2D eigenvalue weighted by Gasteiger charge is 2.43. The number of benzene rings is 3. The van der Waals surface area contributed by atoms with Gasteiger partial charge in [0.2, 0.25) is 18.6 Å². The molecule has 4 N–H and O–H groups in total. The minimum absolute atomic E-state index is 0.0128. The molecule has 4 heterocycles. The number of hydrogen-bond acceptors (Lipinski definition) is 10. The molecule has 2 fully saturated rings. The Balaban J connectivity index is 1.00. The van der Waals surface area contributed by atoms with Gasteiger partial charge in [0.1, 0.15) is 11.6 Å². The van der Waals surface area contributed by atoms with Crippen molar-refractivity contribution in [2.75, 3.05) is 30.1 Å². The van der Waals surface area contributed by atoms with Crippen LogP contribution in [0.1, 0.15) is 48.2 Å². The SMILES string of the molecule is CC(C)(N=CC(C#CC1CN(c2cc3c(c4c2OCO4)CN(C2CCC(=O)NC2=O)C3=O)C1)=CN)C(=O)Nc1ccc(C#N)c2ccccc12. The van der Waals surface area contributed by atoms with E-state index in [0.29, 0.717) is 58.2 Å². The van der Waals surface area contributed by atoms with Gasteiger partial charge in [-0.05, 0) is 38.5 Å². The summed E-state index contributed by atoms with van der Waals surface area (Å²) in [4.78, 5) is 58.9. The number of hydrogen-bond donors (Lipinski definition) is 3. The zero-order valence-electron chi connectivity index (χ0n) is 27.4. The molecule has 4 amide bonds. The number of nitrogens with zero attached hydrogens (tertiary/aromatic N) is 4. The summed E-state index contributed by atoms with van der Waals surface area (Å²) >= 11 is 0. The van der Waals surface area contributed by atoms with Gasteiger partial charge in [0.15, 0.2) is 11.5 Å². The molecule has 4 aliphatic heterocycles. The lowest BCUT2D eigenvalue weighted by Crippen LogP contribution is -2.52. The largest absolute Gasteiger partial charge is 0.453 e. The van der Waals surface area contributed by atoms with E-state index in [1.165, 1.54) is 17.3 Å². The summed E-state index contributed by atoms with van der Waals surface area (Å²) in [6.07, 6.45) is 3.27. The van der Waals surface area contributed by atoms with E-state index in [4.69, 9.17) is 15.2 Å². The zero-order chi connectivity index (χ0) is 35.2. The van der Waals surface area contributed by atoms with Gasteiger partial charge in [0.25, 0.3) is 11.8 Å². The van der Waals surface area contributed by atoms with Gasteiger partial charge in [-0.25, -0.2) is 0 Å². The molecule has 3 aromatic rings. The van der Waals surface area contributed by atoms with E-state index in [9.17, 15) is 24.4 Å². The van der Waals surface area contributed by atoms with Crippen LogP contribution in [-0.4, -0.2) is 66.2 Å². The van der Waals surface area contributed by atoms with Crippen LogP contribution in [-0.2, 0) is 20.9 Å². The summed E-state index contributed by atoms with van der Waals surface area (Å²) < 4.78 is 11.6. The summed E-state index contributed by atoms with van der Waals surface area (Å²) in [5.41, 5.74) is 8.10. The molecular weight excluding hydrogens is 638 g/mol. The molecule has 0 aliphatic carbocycles. The van der Waals surface area contributed by atoms with Gasteiger partial charge in [0.05, 0.1) is 40.9 Å². The van der Waals surface area contributed by atoms with Gasteiger partial charge in [0, 0.05) is 53.9 Å². The molecule has 2 saturated heterocycles. The molecule has 3 aromatic carbocycles. The number of nitrogens with one attached hydrogen (secondary N) is 2. The van der Waals surface area contributed by atoms with Crippen molar-refractivity contribution in [2.45, 2.75) is 44.8 Å². The van der Waals surface area contributed by atoms with Crippen molar-refractivity contribution in [1.29, 1.82) is 5.26 Å². The molecule has 0 aromatic heterocycles. The Morgan fingerprint density at radius 3 is 2.62 bits per heavy atom. The fraction of sp³-hybridized carbons (Fsp3) is 0.297. The molecule has 0 saturated carbocycles. The lowest BCUT2D eigenvalue weighted by Gasteiger charge is -2.38. The highest BCUT2D eigenvalue weighted by atomic mass is 16.7. The first kappa shape index (κ1) is 32.2. The molecule has 50 heavy (non-hydrogen) atoms. The van der Waals surface area contributed by atoms with Crippen molar-refractivity contribution >= 4 is 52.0 Å². The molecule has 0 spiro atoms. The number of anilines is 2. The lowest BCUT2D eigenvalue weighted by atomic mass is 9.97. The van der Waals surface area contributed by atoms with Crippen LogP contribution >= 0.6 is 0 Å². The maximum Gasteiger partial charge on any atom is 0.255 e. The van der Waals surface area contributed by atoms with E-state index in [1.807, 2.05) is 24.3 Å². The predicted octanol–water partition coefficient (Wildman–Crippen LogP) is 2.97. The number of carbonyl (C=O) groups excluding carboxylic acids is 4. The van der Waals surface area contributed by atoms with Gasteiger partial charge < -0.3 is 30.3 Å². The van der Waals surface area contributed by atoms with Crippen molar-refractivity contribution in [3.05, 3.63) is 70.9 Å². The Hall–Kier alpha value is -6.34. The highest BCUT2D eigenvalue weighted by molar-refractivity contribution is 6.08. The standard InChI is InChI=1S/C37H33N7O6/c1-37(2,36(48)41-28-10-9-23(15-39)24-5-3-4-6-25(24)28)40-16-21(14-38)7-8-22-17-43(18-22)30-13-26-27(32-33(30)50-20-49-32)19-44(35(26)47)29-11-12-31(45)42-34(29)46/h3-6,9-10,13-14,16,22,29H,11-12,17-20,38H2,1-2H3,(H,41,48)(H,42,45,46). The second-order valence-electron chi connectivity index (χ2n) is 13.0. The third kappa shape index (κ3) is 5.73. The summed E-state index contributed by atoms with van der Waals surface area (Å²) in [5, 5.41) is 16.2. The minimum atomic E-state index is -1.15. The summed E-state index contributed by atoms with van der Waals surface area (Å²) in [6.45, 7) is 4.71. The van der Waals surface area contributed by atoms with Crippen LogP contribution in [0.2, 0.25) is 0 Å². The average molecular weight is 672 g/mol. The number of piperidine rings is 1. The van der Waals surface area contributed by atoms with E-state index in [1.54, 1.807) is 32.0 Å². The summed E-state index contributed by atoms with van der Waals surface area (Å²) in [6, 6.07) is 14.0. The fourth-order valence-electron chi connectivity index (χ4n) is 6.45. The Labute approximate surface area is 287 Å². The third-order valence-corrected chi connectivity index (χ3v) is 9.33. The summed E-state index contributed by atoms with van der Waals surface area (Å²) in [7, 11) is 0. The van der Waals surface area contributed by atoms with Crippen LogP contribution in [0.25, 0.3) is 10.8 Å². The second-order valence-corrected chi connectivity index (χ2v) is 13.0. The van der Waals surface area contributed by atoms with Crippen LogP contribution < -0.4 is 30.7 Å². The molecule has 1 unspecified atom stereocenters. The lowest BCUT2D eigenvalue weighted by molar-refractivity contribution is -0.137. The molecule has 252 valence electrons. The molecule has 1 atom stereocenters. The van der Waals surface area contributed by atoms with Crippen LogP contribution in [0.3, 0.4) is 0 Å². The van der Waals surface area contributed by atoms with Gasteiger partial charge in [-0.1, -0.05) is 36.1 Å². The van der Waals surface area contributed by atoms with Gasteiger partial charge in [-0.15, -0.1) is 0 Å². The zero-order valence-corrected chi connectivity index (χ0v) is 27.4. The molecular formula is C37H33N7O6. The smallest absolute Gasteiger partial charge is 0.255 e. The predicted molar refractivity (Wildman–Crippen MR) is 184 cm³/mol. The summed E-state index contributed by atoms with van der Waals surface area (Å²) in [5.74, 6) is 5.88. The van der Waals surface area contributed by atoms with Crippen LogP contribution in [0, 0.1) is 29.1 Å². The van der Waals surface area contributed by atoms with Gasteiger partial charge in [-0.2, -0.15) is 5.26 Å². The van der Waals surface area contributed by atoms with Crippen molar-refractivity contribution in [2.24, 2.45) is 16.6 Å². The first-order valence-corrected chi connectivity index (χ1v) is 16.1. The quantitative estimate of drug-likeness (QED) is 0.202. The first-order chi connectivity index (χ1) is 24.1. The normalized spacial score (nSPS) is 18.8. The van der Waals surface area contributed by atoms with Crippen LogP contribution in [0.5, 0.6) is 11.5 Å². The number of ether oxygens (including phenoxy) is 2. The van der Waals surface area contributed by atoms with Crippen molar-refractivity contribution in [3.63, 3.8) is 0 Å². The van der Waals surface area contributed by atoms with Gasteiger partial charge >= 0.3 is 0 Å². The Kier molecular flexibility index (Phi) is 8.12. The average Bonchev–Trinajstić information content (AvgIpc) is 3.70. The van der Waals surface area contributed by atoms with Crippen molar-refractivity contribution < 1.29 is 28.7 Å². The Morgan fingerprint density at radius 1 is 1.12 bits per heavy atom. The number of imide groups is 1. The maximum absolute atomic E-state index is 13.5.